The van der Waals surface area contributed by atoms with E-state index in [1.165, 1.54) is 13.0 Å². The third kappa shape index (κ3) is 5.11. The van der Waals surface area contributed by atoms with Crippen molar-refractivity contribution in [2.24, 2.45) is 0 Å². The number of amides is 2. The molecule has 0 bridgehead atoms. The van der Waals surface area contributed by atoms with Gasteiger partial charge in [-0.25, -0.2) is 0 Å². The first kappa shape index (κ1) is 19.5. The van der Waals surface area contributed by atoms with Gasteiger partial charge in [-0.15, -0.1) is 0 Å². The smallest absolute Gasteiger partial charge is 0.248 e. The van der Waals surface area contributed by atoms with Gasteiger partial charge in [0.2, 0.25) is 11.8 Å². The summed E-state index contributed by atoms with van der Waals surface area (Å²) in [5.74, 6) is 0.799. The molecule has 0 unspecified atom stereocenters. The summed E-state index contributed by atoms with van der Waals surface area (Å²) in [5.41, 5.74) is 3.16. The van der Waals surface area contributed by atoms with E-state index in [9.17, 15) is 9.59 Å². The summed E-state index contributed by atoms with van der Waals surface area (Å²) in [6, 6.07) is 16.2. The lowest BCUT2D eigenvalue weighted by Gasteiger charge is -2.05. The van der Waals surface area contributed by atoms with Gasteiger partial charge in [0.15, 0.2) is 0 Å². The Morgan fingerprint density at radius 2 is 1.64 bits per heavy atom. The Labute approximate surface area is 168 Å². The van der Waals surface area contributed by atoms with Crippen LogP contribution in [-0.2, 0) is 9.59 Å². The molecule has 2 N–H and O–H groups in total. The van der Waals surface area contributed by atoms with Crippen LogP contribution in [0.3, 0.4) is 0 Å². The van der Waals surface area contributed by atoms with Crippen molar-refractivity contribution in [3.8, 4) is 11.3 Å². The zero-order chi connectivity index (χ0) is 20.1. The molecular formula is C22H19ClN2O3. The zero-order valence-corrected chi connectivity index (χ0v) is 16.2. The van der Waals surface area contributed by atoms with Gasteiger partial charge in [-0.1, -0.05) is 23.7 Å². The number of halogens is 1. The molecule has 0 aliphatic rings. The molecule has 1 heterocycles. The average molecular weight is 395 g/mol. The number of carbonyl (C=O) groups excluding carboxylic acids is 2. The molecule has 0 aliphatic heterocycles. The van der Waals surface area contributed by atoms with Crippen molar-refractivity contribution in [3.63, 3.8) is 0 Å². The SMILES string of the molecule is CC(=O)Nc1ccc(NC(=O)C=Cc2ccc(-c3ccc(C)c(Cl)c3)o2)cc1. The number of aryl methyl sites for hydroxylation is 1. The topological polar surface area (TPSA) is 71.3 Å². The van der Waals surface area contributed by atoms with E-state index in [0.717, 1.165) is 11.1 Å². The summed E-state index contributed by atoms with van der Waals surface area (Å²) in [6.45, 7) is 3.38. The van der Waals surface area contributed by atoms with Gasteiger partial charge >= 0.3 is 0 Å². The third-order valence-corrected chi connectivity index (χ3v) is 4.36. The number of carbonyl (C=O) groups is 2. The van der Waals surface area contributed by atoms with Crippen LogP contribution in [-0.4, -0.2) is 11.8 Å². The van der Waals surface area contributed by atoms with E-state index in [-0.39, 0.29) is 11.8 Å². The highest BCUT2D eigenvalue weighted by Gasteiger charge is 2.06. The lowest BCUT2D eigenvalue weighted by molar-refractivity contribution is -0.114. The molecule has 0 spiro atoms. The lowest BCUT2D eigenvalue weighted by Crippen LogP contribution is -2.08. The van der Waals surface area contributed by atoms with Crippen LogP contribution in [0.15, 0.2) is 65.1 Å². The molecule has 6 heteroatoms. The summed E-state index contributed by atoms with van der Waals surface area (Å²) < 4.78 is 5.75. The molecule has 142 valence electrons. The molecule has 0 aliphatic carbocycles. The highest BCUT2D eigenvalue weighted by molar-refractivity contribution is 6.31. The van der Waals surface area contributed by atoms with Crippen LogP contribution in [0.2, 0.25) is 5.02 Å². The molecule has 3 rings (SSSR count). The van der Waals surface area contributed by atoms with Crippen molar-refractivity contribution in [2.45, 2.75) is 13.8 Å². The number of rotatable bonds is 5. The Bertz CT molecular complexity index is 1040. The van der Waals surface area contributed by atoms with Crippen molar-refractivity contribution in [1.29, 1.82) is 0 Å². The first-order valence-electron chi connectivity index (χ1n) is 8.64. The zero-order valence-electron chi connectivity index (χ0n) is 15.5. The Hall–Kier alpha value is -3.31. The van der Waals surface area contributed by atoms with E-state index in [0.29, 0.717) is 27.9 Å². The summed E-state index contributed by atoms with van der Waals surface area (Å²) in [7, 11) is 0. The van der Waals surface area contributed by atoms with Crippen LogP contribution in [0.5, 0.6) is 0 Å². The van der Waals surface area contributed by atoms with Crippen LogP contribution in [0.25, 0.3) is 17.4 Å². The van der Waals surface area contributed by atoms with Gasteiger partial charge in [0.1, 0.15) is 11.5 Å². The second-order valence-electron chi connectivity index (χ2n) is 6.25. The minimum absolute atomic E-state index is 0.148. The van der Waals surface area contributed by atoms with Gasteiger partial charge in [0.05, 0.1) is 0 Å². The number of hydrogen-bond acceptors (Lipinski definition) is 3. The predicted octanol–water partition coefficient (Wildman–Crippen LogP) is 5.52. The number of anilines is 2. The highest BCUT2D eigenvalue weighted by Crippen LogP contribution is 2.27. The molecule has 0 saturated carbocycles. The van der Waals surface area contributed by atoms with E-state index in [2.05, 4.69) is 10.6 Å². The van der Waals surface area contributed by atoms with Gasteiger partial charge in [-0.05, 0) is 61.0 Å². The van der Waals surface area contributed by atoms with Crippen LogP contribution in [0.4, 0.5) is 11.4 Å². The van der Waals surface area contributed by atoms with Crippen molar-refractivity contribution < 1.29 is 14.0 Å². The van der Waals surface area contributed by atoms with Crippen LogP contribution in [0.1, 0.15) is 18.2 Å². The third-order valence-electron chi connectivity index (χ3n) is 3.95. The maximum absolute atomic E-state index is 12.1. The molecule has 3 aromatic rings. The van der Waals surface area contributed by atoms with Crippen LogP contribution >= 0.6 is 11.6 Å². The Balaban J connectivity index is 1.62. The minimum atomic E-state index is -0.288. The number of furan rings is 1. The van der Waals surface area contributed by atoms with Gasteiger partial charge in [-0.3, -0.25) is 9.59 Å². The average Bonchev–Trinajstić information content (AvgIpc) is 3.12. The fourth-order valence-electron chi connectivity index (χ4n) is 2.53. The molecular weight excluding hydrogens is 376 g/mol. The molecule has 2 amide bonds. The molecule has 0 radical (unpaired) electrons. The standard InChI is InChI=1S/C22H19ClN2O3/c1-14-3-4-16(13-20(14)23)21-11-9-19(28-21)10-12-22(27)25-18-7-5-17(6-8-18)24-15(2)26/h3-13H,1-2H3,(H,24,26)(H,25,27). The number of nitrogens with one attached hydrogen (secondary N) is 2. The minimum Gasteiger partial charge on any atom is -0.457 e. The Morgan fingerprint density at radius 1 is 0.964 bits per heavy atom. The van der Waals surface area contributed by atoms with Crippen molar-refractivity contribution in [1.82, 2.24) is 0 Å². The van der Waals surface area contributed by atoms with Gasteiger partial charge in [0, 0.05) is 35.0 Å². The molecule has 28 heavy (non-hydrogen) atoms. The second-order valence-corrected chi connectivity index (χ2v) is 6.65. The number of benzene rings is 2. The Morgan fingerprint density at radius 3 is 2.29 bits per heavy atom. The summed E-state index contributed by atoms with van der Waals surface area (Å²) in [5, 5.41) is 6.09. The van der Waals surface area contributed by atoms with Gasteiger partial charge < -0.3 is 15.1 Å². The van der Waals surface area contributed by atoms with Gasteiger partial charge in [-0.2, -0.15) is 0 Å². The van der Waals surface area contributed by atoms with E-state index in [1.54, 1.807) is 36.4 Å². The van der Waals surface area contributed by atoms with E-state index >= 15 is 0 Å². The quantitative estimate of drug-likeness (QED) is 0.560. The fraction of sp³-hybridized carbons (Fsp3) is 0.0909. The van der Waals surface area contributed by atoms with Crippen molar-refractivity contribution in [3.05, 3.63) is 77.0 Å². The molecule has 5 nitrogen and oxygen atoms in total. The summed E-state index contributed by atoms with van der Waals surface area (Å²) >= 11 is 6.16. The predicted molar refractivity (Wildman–Crippen MR) is 112 cm³/mol. The molecule has 0 atom stereocenters. The summed E-state index contributed by atoms with van der Waals surface area (Å²) in [6.07, 6.45) is 2.99. The van der Waals surface area contributed by atoms with E-state index < -0.39 is 0 Å². The second kappa shape index (κ2) is 8.59. The first-order valence-corrected chi connectivity index (χ1v) is 9.01. The fourth-order valence-corrected chi connectivity index (χ4v) is 2.71. The maximum Gasteiger partial charge on any atom is 0.248 e. The molecule has 1 aromatic heterocycles. The highest BCUT2D eigenvalue weighted by atomic mass is 35.5. The number of hydrogen-bond donors (Lipinski definition) is 2. The first-order chi connectivity index (χ1) is 13.4. The van der Waals surface area contributed by atoms with E-state index in [1.807, 2.05) is 31.2 Å². The lowest BCUT2D eigenvalue weighted by atomic mass is 10.1. The van der Waals surface area contributed by atoms with Crippen molar-refractivity contribution in [2.75, 3.05) is 10.6 Å². The molecule has 0 saturated heterocycles. The molecule has 0 fully saturated rings. The van der Waals surface area contributed by atoms with Crippen LogP contribution < -0.4 is 10.6 Å². The molecule has 2 aromatic carbocycles. The Kier molecular flexibility index (Phi) is 5.96. The normalized spacial score (nSPS) is 10.8. The summed E-state index contributed by atoms with van der Waals surface area (Å²) in [4.78, 5) is 23.1. The van der Waals surface area contributed by atoms with Gasteiger partial charge in [0.25, 0.3) is 0 Å². The van der Waals surface area contributed by atoms with Crippen molar-refractivity contribution >= 4 is 40.9 Å². The largest absolute Gasteiger partial charge is 0.457 e. The van der Waals surface area contributed by atoms with E-state index in [4.69, 9.17) is 16.0 Å². The maximum atomic E-state index is 12.1. The van der Waals surface area contributed by atoms with Crippen LogP contribution in [0, 0.1) is 6.92 Å². The monoisotopic (exact) mass is 394 g/mol.